The molecule has 3 aromatic carbocycles. The molecule has 0 radical (unpaired) electrons. The number of amides is 2. The molecular formula is C30H35Cl2N3O4S. The summed E-state index contributed by atoms with van der Waals surface area (Å²) in [4.78, 5) is 28.9. The zero-order valence-corrected chi connectivity index (χ0v) is 25.4. The quantitative estimate of drug-likeness (QED) is 0.266. The summed E-state index contributed by atoms with van der Waals surface area (Å²) in [5.41, 5.74) is 1.93. The number of hydrogen-bond donors (Lipinski definition) is 1. The largest absolute Gasteiger partial charge is 0.352 e. The van der Waals surface area contributed by atoms with Crippen molar-refractivity contribution in [2.24, 2.45) is 0 Å². The van der Waals surface area contributed by atoms with Crippen molar-refractivity contribution in [3.63, 3.8) is 0 Å². The highest BCUT2D eigenvalue weighted by Crippen LogP contribution is 2.33. The minimum absolute atomic E-state index is 0.000561. The molecule has 3 aromatic rings. The Morgan fingerprint density at radius 3 is 2.23 bits per heavy atom. The number of anilines is 1. The van der Waals surface area contributed by atoms with Gasteiger partial charge in [0.15, 0.2) is 0 Å². The molecule has 0 aromatic heterocycles. The van der Waals surface area contributed by atoms with E-state index >= 15 is 0 Å². The van der Waals surface area contributed by atoms with Gasteiger partial charge >= 0.3 is 0 Å². The summed E-state index contributed by atoms with van der Waals surface area (Å²) in [6.07, 6.45) is 1.07. The normalized spacial score (nSPS) is 12.8. The minimum atomic E-state index is -4.22. The first-order chi connectivity index (χ1) is 19.0. The molecule has 0 aliphatic rings. The number of carbonyl (C=O) groups is 2. The van der Waals surface area contributed by atoms with Crippen molar-refractivity contribution >= 4 is 50.7 Å². The fourth-order valence-electron chi connectivity index (χ4n) is 4.28. The molecule has 0 fully saturated rings. The van der Waals surface area contributed by atoms with Crippen molar-refractivity contribution in [3.8, 4) is 0 Å². The molecule has 0 aliphatic carbocycles. The van der Waals surface area contributed by atoms with E-state index in [1.807, 2.05) is 52.0 Å². The molecular weight excluding hydrogens is 569 g/mol. The number of carbonyl (C=O) groups excluding carboxylic acids is 2. The number of sulfonamides is 1. The maximum absolute atomic E-state index is 14.1. The molecule has 0 aliphatic heterocycles. The second-order valence-corrected chi connectivity index (χ2v) is 12.4. The van der Waals surface area contributed by atoms with E-state index in [1.54, 1.807) is 18.2 Å². The Labute approximate surface area is 247 Å². The van der Waals surface area contributed by atoms with Gasteiger partial charge in [0.05, 0.1) is 15.6 Å². The van der Waals surface area contributed by atoms with E-state index in [2.05, 4.69) is 5.32 Å². The van der Waals surface area contributed by atoms with Crippen LogP contribution in [0.1, 0.15) is 44.7 Å². The third kappa shape index (κ3) is 7.77. The van der Waals surface area contributed by atoms with Crippen molar-refractivity contribution in [2.75, 3.05) is 10.8 Å². The zero-order chi connectivity index (χ0) is 29.4. The SMILES string of the molecule is CC[C@@H](C)NC(=O)[C@H](CC)N(Cc1cccc(C)c1)C(=O)CN(c1ccc(Cl)cc1Cl)S(=O)(=O)c1ccccc1. The number of rotatable bonds is 12. The molecule has 7 nitrogen and oxygen atoms in total. The smallest absolute Gasteiger partial charge is 0.264 e. The molecule has 2 atom stereocenters. The van der Waals surface area contributed by atoms with Crippen LogP contribution >= 0.6 is 23.2 Å². The van der Waals surface area contributed by atoms with Crippen molar-refractivity contribution in [1.82, 2.24) is 10.2 Å². The second kappa shape index (κ2) is 14.0. The van der Waals surface area contributed by atoms with Crippen LogP contribution in [0, 0.1) is 6.92 Å². The van der Waals surface area contributed by atoms with Gasteiger partial charge in [-0.05, 0) is 62.6 Å². The van der Waals surface area contributed by atoms with Crippen LogP contribution in [-0.4, -0.2) is 43.8 Å². The number of nitrogens with zero attached hydrogens (tertiary/aromatic N) is 2. The third-order valence-corrected chi connectivity index (χ3v) is 8.92. The first kappa shape index (κ1) is 31.5. The first-order valence-electron chi connectivity index (χ1n) is 13.2. The number of halogens is 2. The summed E-state index contributed by atoms with van der Waals surface area (Å²) < 4.78 is 28.7. The lowest BCUT2D eigenvalue weighted by molar-refractivity contribution is -0.140. The standard InChI is InChI=1S/C30H35Cl2N3O4S/c1-5-22(4)33-30(37)27(6-2)34(19-23-12-10-11-21(3)17-23)29(36)20-35(28-16-15-24(31)18-26(28)32)40(38,39)25-13-8-7-9-14-25/h7-18,22,27H,5-6,19-20H2,1-4H3,(H,33,37)/t22-,27+/m1/s1. The fraction of sp³-hybridized carbons (Fsp3) is 0.333. The van der Waals surface area contributed by atoms with Crippen LogP contribution in [0.5, 0.6) is 0 Å². The van der Waals surface area contributed by atoms with E-state index in [0.717, 1.165) is 21.9 Å². The van der Waals surface area contributed by atoms with Gasteiger partial charge in [-0.2, -0.15) is 0 Å². The summed E-state index contributed by atoms with van der Waals surface area (Å²) >= 11 is 12.6. The van der Waals surface area contributed by atoms with Crippen LogP contribution in [0.15, 0.2) is 77.7 Å². The summed E-state index contributed by atoms with van der Waals surface area (Å²) in [5.74, 6) is -0.835. The molecule has 0 unspecified atom stereocenters. The minimum Gasteiger partial charge on any atom is -0.352 e. The number of nitrogens with one attached hydrogen (secondary N) is 1. The highest BCUT2D eigenvalue weighted by molar-refractivity contribution is 7.92. The average Bonchev–Trinajstić information content (AvgIpc) is 2.92. The molecule has 0 saturated heterocycles. The molecule has 10 heteroatoms. The number of hydrogen-bond acceptors (Lipinski definition) is 4. The first-order valence-corrected chi connectivity index (χ1v) is 15.4. The molecule has 40 heavy (non-hydrogen) atoms. The Bertz CT molecular complexity index is 1430. The summed E-state index contributed by atoms with van der Waals surface area (Å²) in [5, 5.41) is 3.37. The molecule has 1 N–H and O–H groups in total. The van der Waals surface area contributed by atoms with Gasteiger partial charge in [-0.3, -0.25) is 13.9 Å². The van der Waals surface area contributed by atoms with E-state index in [-0.39, 0.29) is 34.1 Å². The Morgan fingerprint density at radius 1 is 0.925 bits per heavy atom. The topological polar surface area (TPSA) is 86.8 Å². The zero-order valence-electron chi connectivity index (χ0n) is 23.1. The molecule has 0 saturated carbocycles. The van der Waals surface area contributed by atoms with E-state index < -0.39 is 28.5 Å². The number of aryl methyl sites for hydroxylation is 1. The predicted octanol–water partition coefficient (Wildman–Crippen LogP) is 6.22. The summed E-state index contributed by atoms with van der Waals surface area (Å²) in [7, 11) is -4.22. The van der Waals surface area contributed by atoms with Crippen LogP contribution in [0.25, 0.3) is 0 Å². The van der Waals surface area contributed by atoms with E-state index in [4.69, 9.17) is 23.2 Å². The highest BCUT2D eigenvalue weighted by atomic mass is 35.5. The summed E-state index contributed by atoms with van der Waals surface area (Å²) in [6.45, 7) is 7.18. The Hall–Kier alpha value is -3.07. The highest BCUT2D eigenvalue weighted by Gasteiger charge is 2.34. The molecule has 214 valence electrons. The second-order valence-electron chi connectivity index (χ2n) is 9.67. The van der Waals surface area contributed by atoms with Crippen molar-refractivity contribution in [3.05, 3.63) is 94.0 Å². The lowest BCUT2D eigenvalue weighted by Crippen LogP contribution is -2.53. The van der Waals surface area contributed by atoms with Gasteiger partial charge in [0.25, 0.3) is 10.0 Å². The fourth-order valence-corrected chi connectivity index (χ4v) is 6.30. The van der Waals surface area contributed by atoms with Gasteiger partial charge in [0.1, 0.15) is 12.6 Å². The van der Waals surface area contributed by atoms with Gasteiger partial charge in [0.2, 0.25) is 11.8 Å². The van der Waals surface area contributed by atoms with Crippen LogP contribution in [-0.2, 0) is 26.2 Å². The monoisotopic (exact) mass is 603 g/mol. The van der Waals surface area contributed by atoms with Gasteiger partial charge in [-0.15, -0.1) is 0 Å². The number of benzene rings is 3. The molecule has 0 bridgehead atoms. The van der Waals surface area contributed by atoms with Crippen LogP contribution in [0.2, 0.25) is 10.0 Å². The molecule has 0 spiro atoms. The lowest BCUT2D eigenvalue weighted by Gasteiger charge is -2.34. The van der Waals surface area contributed by atoms with Crippen molar-refractivity contribution in [2.45, 2.75) is 64.1 Å². The van der Waals surface area contributed by atoms with Gasteiger partial charge in [-0.1, -0.05) is 85.1 Å². The van der Waals surface area contributed by atoms with Crippen molar-refractivity contribution in [1.29, 1.82) is 0 Å². The Morgan fingerprint density at radius 2 is 1.62 bits per heavy atom. The van der Waals surface area contributed by atoms with Crippen LogP contribution < -0.4 is 9.62 Å². The van der Waals surface area contributed by atoms with Gasteiger partial charge in [0, 0.05) is 17.6 Å². The predicted molar refractivity (Wildman–Crippen MR) is 161 cm³/mol. The van der Waals surface area contributed by atoms with E-state index in [0.29, 0.717) is 11.4 Å². The molecule has 2 amide bonds. The lowest BCUT2D eigenvalue weighted by atomic mass is 10.1. The van der Waals surface area contributed by atoms with Crippen molar-refractivity contribution < 1.29 is 18.0 Å². The van der Waals surface area contributed by atoms with E-state index in [9.17, 15) is 18.0 Å². The third-order valence-electron chi connectivity index (χ3n) is 6.61. The Kier molecular flexibility index (Phi) is 11.0. The molecule has 3 rings (SSSR count). The molecule has 0 heterocycles. The van der Waals surface area contributed by atoms with Crippen LogP contribution in [0.4, 0.5) is 5.69 Å². The average molecular weight is 605 g/mol. The van der Waals surface area contributed by atoms with Crippen LogP contribution in [0.3, 0.4) is 0 Å². The van der Waals surface area contributed by atoms with Gasteiger partial charge < -0.3 is 10.2 Å². The maximum atomic E-state index is 14.1. The Balaban J connectivity index is 2.08. The van der Waals surface area contributed by atoms with E-state index in [1.165, 1.54) is 35.2 Å². The summed E-state index contributed by atoms with van der Waals surface area (Å²) in [6, 6.07) is 19.0. The van der Waals surface area contributed by atoms with Gasteiger partial charge in [-0.25, -0.2) is 8.42 Å². The maximum Gasteiger partial charge on any atom is 0.264 e.